The minimum absolute atomic E-state index is 0.0303. The van der Waals surface area contributed by atoms with Gasteiger partial charge in [0.2, 0.25) is 0 Å². The van der Waals surface area contributed by atoms with Crippen LogP contribution in [0.3, 0.4) is 0 Å². The lowest BCUT2D eigenvalue weighted by atomic mass is 9.99. The van der Waals surface area contributed by atoms with E-state index in [1.807, 2.05) is 0 Å². The van der Waals surface area contributed by atoms with E-state index in [0.717, 1.165) is 6.42 Å². The predicted molar refractivity (Wildman–Crippen MR) is 80.7 cm³/mol. The average Bonchev–Trinajstić information content (AvgIpc) is 2.82. The van der Waals surface area contributed by atoms with E-state index < -0.39 is 0 Å². The lowest BCUT2D eigenvalue weighted by molar-refractivity contribution is 0.711. The predicted octanol–water partition coefficient (Wildman–Crippen LogP) is 4.80. The number of allylic oxidation sites excluding steroid dienone is 5. The molecule has 0 atom stereocenters. The third-order valence-corrected chi connectivity index (χ3v) is 3.08. The second kappa shape index (κ2) is 5.26. The zero-order valence-electron chi connectivity index (χ0n) is 11.4. The maximum Gasteiger partial charge on any atom is 0.0500 e. The molecule has 1 aliphatic rings. The van der Waals surface area contributed by atoms with Crippen LogP contribution in [0.2, 0.25) is 0 Å². The first kappa shape index (κ1) is 12.7. The van der Waals surface area contributed by atoms with Crippen molar-refractivity contribution < 1.29 is 0 Å². The normalized spacial score (nSPS) is 15.2. The molecule has 0 spiro atoms. The monoisotopic (exact) mass is 239 g/mol. The molecular weight excluding hydrogens is 218 g/mol. The highest BCUT2D eigenvalue weighted by atomic mass is 15.0. The van der Waals surface area contributed by atoms with Crippen LogP contribution in [-0.4, -0.2) is 5.54 Å². The van der Waals surface area contributed by atoms with Crippen molar-refractivity contribution in [3.8, 4) is 0 Å². The average molecular weight is 239 g/mol. The quantitative estimate of drug-likeness (QED) is 0.744. The molecule has 0 heterocycles. The topological polar surface area (TPSA) is 12.0 Å². The van der Waals surface area contributed by atoms with Crippen molar-refractivity contribution in [1.29, 1.82) is 0 Å². The van der Waals surface area contributed by atoms with Gasteiger partial charge in [0.15, 0.2) is 0 Å². The van der Waals surface area contributed by atoms with E-state index in [1.165, 1.54) is 16.8 Å². The van der Waals surface area contributed by atoms with Crippen LogP contribution in [0.15, 0.2) is 54.6 Å². The lowest BCUT2D eigenvalue weighted by Crippen LogP contribution is -2.28. The summed E-state index contributed by atoms with van der Waals surface area (Å²) < 4.78 is 0. The van der Waals surface area contributed by atoms with Gasteiger partial charge in [-0.3, -0.25) is 0 Å². The molecule has 0 amide bonds. The van der Waals surface area contributed by atoms with Crippen LogP contribution in [0.25, 0.3) is 5.57 Å². The first-order valence-electron chi connectivity index (χ1n) is 6.49. The molecule has 2 rings (SSSR count). The highest BCUT2D eigenvalue weighted by molar-refractivity contribution is 5.79. The second-order valence-corrected chi connectivity index (χ2v) is 5.22. The number of rotatable bonds is 4. The van der Waals surface area contributed by atoms with Crippen LogP contribution in [0, 0.1) is 0 Å². The molecule has 1 aliphatic carbocycles. The van der Waals surface area contributed by atoms with Crippen molar-refractivity contribution >= 4 is 11.3 Å². The van der Waals surface area contributed by atoms with Gasteiger partial charge >= 0.3 is 0 Å². The summed E-state index contributed by atoms with van der Waals surface area (Å²) in [4.78, 5) is 0. The molecule has 0 bridgehead atoms. The van der Waals surface area contributed by atoms with Crippen molar-refractivity contribution in [3.05, 3.63) is 60.2 Å². The summed E-state index contributed by atoms with van der Waals surface area (Å²) in [5.74, 6) is 0. The number of hydrogen-bond donors (Lipinski definition) is 1. The molecule has 1 aromatic rings. The molecule has 1 nitrogen and oxygen atoms in total. The highest BCUT2D eigenvalue weighted by Crippen LogP contribution is 2.31. The van der Waals surface area contributed by atoms with Gasteiger partial charge in [0.1, 0.15) is 0 Å². The van der Waals surface area contributed by atoms with Crippen molar-refractivity contribution in [2.24, 2.45) is 0 Å². The van der Waals surface area contributed by atoms with Crippen LogP contribution < -0.4 is 5.32 Å². The molecule has 0 unspecified atom stereocenters. The molecular formula is C17H21N. The van der Waals surface area contributed by atoms with Crippen molar-refractivity contribution in [1.82, 2.24) is 0 Å². The minimum atomic E-state index is -0.0303. The number of hydrogen-bond acceptors (Lipinski definition) is 1. The Hall–Kier alpha value is -1.76. The van der Waals surface area contributed by atoms with E-state index in [1.54, 1.807) is 0 Å². The molecule has 0 aliphatic heterocycles. The van der Waals surface area contributed by atoms with E-state index in [2.05, 4.69) is 80.7 Å². The van der Waals surface area contributed by atoms with Gasteiger partial charge < -0.3 is 5.32 Å². The van der Waals surface area contributed by atoms with Crippen molar-refractivity contribution in [2.75, 3.05) is 5.32 Å². The SMILES string of the molecule is CC=CC(C)(C)Nc1ccccc1C1=CC=CC1. The van der Waals surface area contributed by atoms with E-state index in [9.17, 15) is 0 Å². The van der Waals surface area contributed by atoms with Gasteiger partial charge in [-0.2, -0.15) is 0 Å². The largest absolute Gasteiger partial charge is 0.376 e. The van der Waals surface area contributed by atoms with Gasteiger partial charge in [-0.15, -0.1) is 0 Å². The molecule has 0 fully saturated rings. The molecule has 0 aromatic heterocycles. The van der Waals surface area contributed by atoms with Gasteiger partial charge in [0, 0.05) is 16.8 Å². The number of anilines is 1. The summed E-state index contributed by atoms with van der Waals surface area (Å²) in [5, 5.41) is 3.61. The molecule has 94 valence electrons. The zero-order chi connectivity index (χ0) is 13.0. The fourth-order valence-electron chi connectivity index (χ4n) is 2.32. The highest BCUT2D eigenvalue weighted by Gasteiger charge is 2.16. The van der Waals surface area contributed by atoms with Crippen LogP contribution in [0.1, 0.15) is 32.8 Å². The van der Waals surface area contributed by atoms with Gasteiger partial charge in [-0.1, -0.05) is 48.6 Å². The molecule has 0 saturated carbocycles. The van der Waals surface area contributed by atoms with Crippen molar-refractivity contribution in [3.63, 3.8) is 0 Å². The van der Waals surface area contributed by atoms with E-state index >= 15 is 0 Å². The Morgan fingerprint density at radius 2 is 2.00 bits per heavy atom. The zero-order valence-corrected chi connectivity index (χ0v) is 11.4. The summed E-state index contributed by atoms with van der Waals surface area (Å²) in [5.41, 5.74) is 3.86. The van der Waals surface area contributed by atoms with Crippen LogP contribution >= 0.6 is 0 Å². The second-order valence-electron chi connectivity index (χ2n) is 5.22. The minimum Gasteiger partial charge on any atom is -0.376 e. The van der Waals surface area contributed by atoms with Gasteiger partial charge in [0.05, 0.1) is 0 Å². The van der Waals surface area contributed by atoms with E-state index in [-0.39, 0.29) is 5.54 Å². The molecule has 1 N–H and O–H groups in total. The van der Waals surface area contributed by atoms with Gasteiger partial charge in [-0.25, -0.2) is 0 Å². The Labute approximate surface area is 110 Å². The smallest absolute Gasteiger partial charge is 0.0500 e. The Kier molecular flexibility index (Phi) is 3.71. The number of nitrogens with one attached hydrogen (secondary N) is 1. The fraction of sp³-hybridized carbons (Fsp3) is 0.294. The van der Waals surface area contributed by atoms with Gasteiger partial charge in [-0.05, 0) is 38.8 Å². The molecule has 0 saturated heterocycles. The molecule has 0 radical (unpaired) electrons. The third kappa shape index (κ3) is 2.92. The lowest BCUT2D eigenvalue weighted by Gasteiger charge is -2.26. The van der Waals surface area contributed by atoms with Crippen LogP contribution in [0.5, 0.6) is 0 Å². The first-order valence-corrected chi connectivity index (χ1v) is 6.49. The standard InChI is InChI=1S/C17H21N/c1-4-13-17(2,3)18-16-12-8-7-11-15(16)14-9-5-6-10-14/h4-9,11-13,18H,10H2,1-3H3. The summed E-state index contributed by atoms with van der Waals surface area (Å²) in [6, 6.07) is 8.52. The number of benzene rings is 1. The fourth-order valence-corrected chi connectivity index (χ4v) is 2.32. The summed E-state index contributed by atoms with van der Waals surface area (Å²) in [6.45, 7) is 6.43. The summed E-state index contributed by atoms with van der Waals surface area (Å²) >= 11 is 0. The van der Waals surface area contributed by atoms with E-state index in [4.69, 9.17) is 0 Å². The molecule has 18 heavy (non-hydrogen) atoms. The van der Waals surface area contributed by atoms with E-state index in [0.29, 0.717) is 0 Å². The molecule has 1 aromatic carbocycles. The maximum absolute atomic E-state index is 3.61. The van der Waals surface area contributed by atoms with Crippen LogP contribution in [0.4, 0.5) is 5.69 Å². The van der Waals surface area contributed by atoms with Crippen molar-refractivity contribution in [2.45, 2.75) is 32.7 Å². The maximum atomic E-state index is 3.61. The Balaban J connectivity index is 2.28. The van der Waals surface area contributed by atoms with Crippen LogP contribution in [-0.2, 0) is 0 Å². The van der Waals surface area contributed by atoms with Gasteiger partial charge in [0.25, 0.3) is 0 Å². The molecule has 1 heteroatoms. The summed E-state index contributed by atoms with van der Waals surface area (Å²) in [7, 11) is 0. The Bertz CT molecular complexity index is 504. The summed E-state index contributed by atoms with van der Waals surface area (Å²) in [6.07, 6.45) is 11.8. The Morgan fingerprint density at radius 1 is 1.22 bits per heavy atom. The first-order chi connectivity index (χ1) is 8.62. The number of para-hydroxylation sites is 1. The Morgan fingerprint density at radius 3 is 2.67 bits per heavy atom. The third-order valence-electron chi connectivity index (χ3n) is 3.08.